The first-order valence-electron chi connectivity index (χ1n) is 2.98. The van der Waals surface area contributed by atoms with Crippen LogP contribution in [-0.4, -0.2) is 16.5 Å². The van der Waals surface area contributed by atoms with Gasteiger partial charge in [0.1, 0.15) is 4.34 Å². The third kappa shape index (κ3) is 2.52. The predicted molar refractivity (Wildman–Crippen MR) is 51.4 cm³/mol. The maximum absolute atomic E-state index is 4.30. The van der Waals surface area contributed by atoms with E-state index in [1.807, 2.05) is 6.92 Å². The third-order valence-electron chi connectivity index (χ3n) is 0.915. The van der Waals surface area contributed by atoms with Gasteiger partial charge in [-0.2, -0.15) is 12.6 Å². The van der Waals surface area contributed by atoms with Gasteiger partial charge in [0, 0.05) is 16.8 Å². The number of thiol groups is 1. The van der Waals surface area contributed by atoms with Crippen LogP contribution in [0.25, 0.3) is 0 Å². The highest BCUT2D eigenvalue weighted by molar-refractivity contribution is 8.01. The molecule has 0 amide bonds. The van der Waals surface area contributed by atoms with Crippen LogP contribution < -0.4 is 0 Å². The van der Waals surface area contributed by atoms with E-state index in [0.717, 1.165) is 21.5 Å². The Morgan fingerprint density at radius 1 is 1.80 bits per heavy atom. The van der Waals surface area contributed by atoms with Gasteiger partial charge in [-0.25, -0.2) is 4.98 Å². The van der Waals surface area contributed by atoms with Crippen LogP contribution in [0.15, 0.2) is 9.72 Å². The third-order valence-corrected chi connectivity index (χ3v) is 3.58. The summed E-state index contributed by atoms with van der Waals surface area (Å²) < 4.78 is 1.16. The Hall–Kier alpha value is 0.330. The first-order valence-corrected chi connectivity index (χ1v) is 5.48. The molecule has 0 fully saturated rings. The van der Waals surface area contributed by atoms with Crippen LogP contribution in [0.1, 0.15) is 5.69 Å². The molecule has 0 radical (unpaired) electrons. The number of hydrogen-bond acceptors (Lipinski definition) is 4. The van der Waals surface area contributed by atoms with Crippen LogP contribution >= 0.6 is 35.7 Å². The maximum Gasteiger partial charge on any atom is 0.150 e. The van der Waals surface area contributed by atoms with Gasteiger partial charge in [-0.05, 0) is 12.7 Å². The van der Waals surface area contributed by atoms with E-state index >= 15 is 0 Å². The number of thiazole rings is 1. The van der Waals surface area contributed by atoms with E-state index in [1.165, 1.54) is 0 Å². The molecule has 0 spiro atoms. The van der Waals surface area contributed by atoms with Crippen molar-refractivity contribution in [1.82, 2.24) is 4.98 Å². The lowest BCUT2D eigenvalue weighted by Gasteiger charge is -1.89. The Morgan fingerprint density at radius 2 is 2.60 bits per heavy atom. The molecule has 1 nitrogen and oxygen atoms in total. The van der Waals surface area contributed by atoms with Crippen molar-refractivity contribution < 1.29 is 0 Å². The molecule has 1 aromatic rings. The van der Waals surface area contributed by atoms with Crippen molar-refractivity contribution in [2.75, 3.05) is 11.5 Å². The van der Waals surface area contributed by atoms with Crippen molar-refractivity contribution in [3.8, 4) is 0 Å². The van der Waals surface area contributed by atoms with Gasteiger partial charge < -0.3 is 0 Å². The predicted octanol–water partition coefficient (Wildman–Crippen LogP) is 2.47. The summed E-state index contributed by atoms with van der Waals surface area (Å²) in [6.45, 7) is 2.02. The van der Waals surface area contributed by atoms with Crippen molar-refractivity contribution in [3.63, 3.8) is 0 Å². The van der Waals surface area contributed by atoms with Crippen molar-refractivity contribution in [1.29, 1.82) is 0 Å². The van der Waals surface area contributed by atoms with Gasteiger partial charge >= 0.3 is 0 Å². The maximum atomic E-state index is 4.30. The van der Waals surface area contributed by atoms with Crippen LogP contribution in [0.2, 0.25) is 0 Å². The topological polar surface area (TPSA) is 12.9 Å². The molecule has 1 heterocycles. The molecular formula is C6H9NS3. The first-order chi connectivity index (χ1) is 4.83. The lowest BCUT2D eigenvalue weighted by Crippen LogP contribution is -1.78. The molecule has 4 heteroatoms. The van der Waals surface area contributed by atoms with E-state index in [-0.39, 0.29) is 0 Å². The summed E-state index contributed by atoms with van der Waals surface area (Å²) in [4.78, 5) is 4.30. The van der Waals surface area contributed by atoms with Gasteiger partial charge in [0.2, 0.25) is 0 Å². The fourth-order valence-electron chi connectivity index (χ4n) is 0.532. The largest absolute Gasteiger partial charge is 0.235 e. The molecule has 0 N–H and O–H groups in total. The average molecular weight is 191 g/mol. The van der Waals surface area contributed by atoms with E-state index in [4.69, 9.17) is 0 Å². The summed E-state index contributed by atoms with van der Waals surface area (Å²) >= 11 is 7.59. The lowest BCUT2D eigenvalue weighted by atomic mass is 10.6. The molecule has 10 heavy (non-hydrogen) atoms. The number of rotatable bonds is 3. The normalized spacial score (nSPS) is 10.2. The summed E-state index contributed by atoms with van der Waals surface area (Å²) in [7, 11) is 0. The van der Waals surface area contributed by atoms with Crippen molar-refractivity contribution in [2.45, 2.75) is 11.3 Å². The molecule has 0 aliphatic heterocycles. The van der Waals surface area contributed by atoms with Crippen LogP contribution in [0.5, 0.6) is 0 Å². The van der Waals surface area contributed by atoms with Crippen LogP contribution in [0.3, 0.4) is 0 Å². The number of hydrogen-bond donors (Lipinski definition) is 1. The molecule has 0 aliphatic rings. The molecule has 0 aromatic carbocycles. The lowest BCUT2D eigenvalue weighted by molar-refractivity contribution is 1.16. The van der Waals surface area contributed by atoms with E-state index in [2.05, 4.69) is 23.0 Å². The zero-order valence-corrected chi connectivity index (χ0v) is 8.23. The summed E-state index contributed by atoms with van der Waals surface area (Å²) in [6.07, 6.45) is 0. The Morgan fingerprint density at radius 3 is 3.10 bits per heavy atom. The minimum atomic E-state index is 0.920. The Kier molecular flexibility index (Phi) is 3.59. The van der Waals surface area contributed by atoms with E-state index in [9.17, 15) is 0 Å². The summed E-state index contributed by atoms with van der Waals surface area (Å²) in [5.41, 5.74) is 1.12. The van der Waals surface area contributed by atoms with Gasteiger partial charge in [-0.1, -0.05) is 11.8 Å². The Labute approximate surface area is 74.7 Å². The fourth-order valence-corrected chi connectivity index (χ4v) is 2.47. The molecule has 0 aliphatic carbocycles. The molecule has 0 bridgehead atoms. The molecule has 56 valence electrons. The SMILES string of the molecule is Cc1csc(SCCS)n1. The molecule has 1 rings (SSSR count). The highest BCUT2D eigenvalue weighted by Gasteiger charge is 1.96. The Balaban J connectivity index is 2.42. The smallest absolute Gasteiger partial charge is 0.150 e. The minimum Gasteiger partial charge on any atom is -0.235 e. The molecular weight excluding hydrogens is 182 g/mol. The highest BCUT2D eigenvalue weighted by Crippen LogP contribution is 2.21. The highest BCUT2D eigenvalue weighted by atomic mass is 32.2. The monoisotopic (exact) mass is 191 g/mol. The van der Waals surface area contributed by atoms with Gasteiger partial charge in [-0.15, -0.1) is 11.3 Å². The number of nitrogens with zero attached hydrogens (tertiary/aromatic N) is 1. The molecule has 0 atom stereocenters. The summed E-state index contributed by atoms with van der Waals surface area (Å²) in [6, 6.07) is 0. The summed E-state index contributed by atoms with van der Waals surface area (Å²) in [5, 5.41) is 2.07. The van der Waals surface area contributed by atoms with E-state index in [0.29, 0.717) is 0 Å². The second kappa shape index (κ2) is 4.26. The summed E-state index contributed by atoms with van der Waals surface area (Å²) in [5.74, 6) is 1.97. The van der Waals surface area contributed by atoms with Crippen molar-refractivity contribution in [3.05, 3.63) is 11.1 Å². The molecule has 0 saturated heterocycles. The van der Waals surface area contributed by atoms with Gasteiger partial charge in [0.05, 0.1) is 0 Å². The molecule has 0 unspecified atom stereocenters. The number of aromatic nitrogens is 1. The van der Waals surface area contributed by atoms with Crippen molar-refractivity contribution >= 4 is 35.7 Å². The van der Waals surface area contributed by atoms with Gasteiger partial charge in [-0.3, -0.25) is 0 Å². The quantitative estimate of drug-likeness (QED) is 0.582. The zero-order valence-electron chi connectivity index (χ0n) is 5.70. The van der Waals surface area contributed by atoms with Crippen LogP contribution in [0, 0.1) is 6.92 Å². The molecule has 0 saturated carbocycles. The standard InChI is InChI=1S/C6H9NS3/c1-5-4-10-6(7-5)9-3-2-8/h4,8H,2-3H2,1H3. The van der Waals surface area contributed by atoms with E-state index < -0.39 is 0 Å². The number of thioether (sulfide) groups is 1. The Bertz CT molecular complexity index is 197. The minimum absolute atomic E-state index is 0.920. The van der Waals surface area contributed by atoms with Crippen LogP contribution in [0.4, 0.5) is 0 Å². The average Bonchev–Trinajstić information content (AvgIpc) is 2.31. The second-order valence-electron chi connectivity index (χ2n) is 1.83. The second-order valence-corrected chi connectivity index (χ2v) is 4.47. The molecule has 1 aromatic heterocycles. The number of aryl methyl sites for hydroxylation is 1. The first kappa shape index (κ1) is 8.43. The van der Waals surface area contributed by atoms with Gasteiger partial charge in [0.25, 0.3) is 0 Å². The van der Waals surface area contributed by atoms with Gasteiger partial charge in [0.15, 0.2) is 0 Å². The van der Waals surface area contributed by atoms with Crippen molar-refractivity contribution in [2.24, 2.45) is 0 Å². The van der Waals surface area contributed by atoms with Crippen LogP contribution in [-0.2, 0) is 0 Å². The fraction of sp³-hybridized carbons (Fsp3) is 0.500. The van der Waals surface area contributed by atoms with E-state index in [1.54, 1.807) is 23.1 Å². The zero-order chi connectivity index (χ0) is 7.40.